The lowest BCUT2D eigenvalue weighted by atomic mass is 9.97. The smallest absolute Gasteiger partial charge is 0.232 e. The fourth-order valence-corrected chi connectivity index (χ4v) is 4.95. The second kappa shape index (κ2) is 7.57. The van der Waals surface area contributed by atoms with Gasteiger partial charge in [-0.15, -0.1) is 0 Å². The molecule has 2 fully saturated rings. The minimum Gasteiger partial charge on any atom is -0.366 e. The quantitative estimate of drug-likeness (QED) is 0.491. The van der Waals surface area contributed by atoms with Crippen molar-refractivity contribution in [2.45, 2.75) is 64.1 Å². The third-order valence-electron chi connectivity index (χ3n) is 6.25. The Morgan fingerprint density at radius 2 is 1.97 bits per heavy atom. The van der Waals surface area contributed by atoms with E-state index in [1.165, 1.54) is 12.8 Å². The molecule has 0 radical (unpaired) electrons. The molecular weight excluding hydrogens is 380 g/mol. The Kier molecular flexibility index (Phi) is 4.75. The van der Waals surface area contributed by atoms with Gasteiger partial charge >= 0.3 is 0 Å². The number of nitrogens with zero attached hydrogens (tertiary/aromatic N) is 6. The van der Waals surface area contributed by atoms with Gasteiger partial charge < -0.3 is 10.6 Å². The molecule has 2 unspecified atom stereocenters. The van der Waals surface area contributed by atoms with E-state index in [4.69, 9.17) is 10.2 Å². The highest BCUT2D eigenvalue weighted by atomic mass is 15.3. The first kappa shape index (κ1) is 18.8. The summed E-state index contributed by atoms with van der Waals surface area (Å²) in [5.41, 5.74) is 2.55. The number of rotatable bonds is 6. The largest absolute Gasteiger partial charge is 0.366 e. The van der Waals surface area contributed by atoms with Crippen molar-refractivity contribution in [1.82, 2.24) is 35.3 Å². The first-order valence-corrected chi connectivity index (χ1v) is 10.5. The number of H-pyrrole nitrogens is 2. The number of hydrogen-bond acceptors (Lipinski definition) is 8. The lowest BCUT2D eigenvalue weighted by Crippen LogP contribution is -2.47. The molecule has 2 bridgehead atoms. The summed E-state index contributed by atoms with van der Waals surface area (Å²) >= 11 is 0. The van der Waals surface area contributed by atoms with Gasteiger partial charge in [0.25, 0.3) is 0 Å². The lowest BCUT2D eigenvalue weighted by molar-refractivity contribution is 0.136. The number of hydrogen-bond donors (Lipinski definition) is 4. The first-order valence-electron chi connectivity index (χ1n) is 10.5. The summed E-state index contributed by atoms with van der Waals surface area (Å²) in [7, 11) is 0. The molecule has 3 aromatic heterocycles. The molecule has 3 aromatic rings. The summed E-state index contributed by atoms with van der Waals surface area (Å²) < 4.78 is 0. The zero-order valence-electron chi connectivity index (χ0n) is 17.2. The van der Waals surface area contributed by atoms with E-state index in [9.17, 15) is 0 Å². The van der Waals surface area contributed by atoms with Crippen LogP contribution < -0.4 is 10.6 Å². The molecule has 156 valence electrons. The summed E-state index contributed by atoms with van der Waals surface area (Å²) in [6, 6.07) is 5.62. The maximum Gasteiger partial charge on any atom is 0.232 e. The summed E-state index contributed by atoms with van der Waals surface area (Å²) in [4.78, 5) is 11.8. The van der Waals surface area contributed by atoms with E-state index in [1.807, 2.05) is 19.9 Å². The minimum absolute atomic E-state index is 0.341. The Morgan fingerprint density at radius 3 is 2.67 bits per heavy atom. The molecule has 10 heteroatoms. The number of nitriles is 1. The Balaban J connectivity index is 1.39. The number of aromatic nitrogens is 6. The number of aromatic amines is 2. The van der Waals surface area contributed by atoms with Crippen LogP contribution in [0.2, 0.25) is 0 Å². The molecule has 4 N–H and O–H groups in total. The van der Waals surface area contributed by atoms with Crippen LogP contribution in [0.4, 0.5) is 17.6 Å². The molecule has 2 aliphatic rings. The van der Waals surface area contributed by atoms with Crippen LogP contribution in [0.3, 0.4) is 0 Å². The Labute approximate surface area is 174 Å². The van der Waals surface area contributed by atoms with Crippen LogP contribution in [0.1, 0.15) is 43.5 Å². The molecule has 0 aromatic carbocycles. The standard InChI is InChI=1S/C20H26N10/c1-11-8-16(28-26-11)23-20-24-18(17-12(2)27-29-19(17)25-20)22-13-9-14-4-5-15(10-13)30(14)7-3-6-21/h8,13-15H,3-5,7,9-10H2,1-2H3,(H4,22,23,24,25,26,27,28,29)/t13?,14-,15?/m0/s1. The molecule has 5 rings (SSSR count). The fraction of sp³-hybridized carbons (Fsp3) is 0.550. The predicted octanol–water partition coefficient (Wildman–Crippen LogP) is 2.76. The summed E-state index contributed by atoms with van der Waals surface area (Å²) in [5.74, 6) is 1.95. The summed E-state index contributed by atoms with van der Waals surface area (Å²) in [6.07, 6.45) is 5.15. The van der Waals surface area contributed by atoms with Crippen LogP contribution in [0.15, 0.2) is 6.07 Å². The molecule has 10 nitrogen and oxygen atoms in total. The molecule has 3 atom stereocenters. The van der Waals surface area contributed by atoms with Gasteiger partial charge in [-0.05, 0) is 39.5 Å². The van der Waals surface area contributed by atoms with Gasteiger partial charge in [-0.25, -0.2) is 0 Å². The van der Waals surface area contributed by atoms with Gasteiger partial charge in [0.05, 0.1) is 11.5 Å². The maximum absolute atomic E-state index is 8.95. The number of nitrogens with one attached hydrogen (secondary N) is 4. The van der Waals surface area contributed by atoms with Gasteiger partial charge in [-0.3, -0.25) is 15.1 Å². The summed E-state index contributed by atoms with van der Waals surface area (Å²) in [6.45, 7) is 4.82. The number of piperidine rings is 1. The van der Waals surface area contributed by atoms with Crippen molar-refractivity contribution in [3.63, 3.8) is 0 Å². The minimum atomic E-state index is 0.341. The SMILES string of the molecule is Cc1cc(Nc2nc(NC3CC4CC[C@@H](C3)N4CCC#N)c3c(C)[nH]nc3n2)n[nH]1. The van der Waals surface area contributed by atoms with E-state index in [0.717, 1.165) is 42.0 Å². The number of anilines is 3. The van der Waals surface area contributed by atoms with Crippen molar-refractivity contribution < 1.29 is 0 Å². The third-order valence-corrected chi connectivity index (χ3v) is 6.25. The van der Waals surface area contributed by atoms with Crippen molar-refractivity contribution in [3.8, 4) is 6.07 Å². The topological polar surface area (TPSA) is 134 Å². The average Bonchev–Trinajstić information content (AvgIpc) is 3.36. The van der Waals surface area contributed by atoms with E-state index < -0.39 is 0 Å². The van der Waals surface area contributed by atoms with Gasteiger partial charge in [0.2, 0.25) is 5.95 Å². The lowest BCUT2D eigenvalue weighted by Gasteiger charge is -2.39. The highest BCUT2D eigenvalue weighted by molar-refractivity contribution is 5.90. The predicted molar refractivity (Wildman–Crippen MR) is 113 cm³/mol. The molecule has 0 spiro atoms. The Bertz CT molecular complexity index is 1080. The van der Waals surface area contributed by atoms with Gasteiger partial charge in [-0.1, -0.05) is 0 Å². The van der Waals surface area contributed by atoms with E-state index in [1.54, 1.807) is 0 Å². The van der Waals surface area contributed by atoms with Gasteiger partial charge in [0.15, 0.2) is 11.5 Å². The Morgan fingerprint density at radius 1 is 1.17 bits per heavy atom. The van der Waals surface area contributed by atoms with E-state index in [-0.39, 0.29) is 0 Å². The van der Waals surface area contributed by atoms with Crippen molar-refractivity contribution in [2.75, 3.05) is 17.2 Å². The van der Waals surface area contributed by atoms with Crippen molar-refractivity contribution in [1.29, 1.82) is 5.26 Å². The number of aryl methyl sites for hydroxylation is 2. The van der Waals surface area contributed by atoms with Crippen LogP contribution in [0.25, 0.3) is 11.0 Å². The second-order valence-electron chi connectivity index (χ2n) is 8.35. The second-order valence-corrected chi connectivity index (χ2v) is 8.35. The zero-order valence-corrected chi connectivity index (χ0v) is 17.2. The monoisotopic (exact) mass is 406 g/mol. The molecule has 0 saturated carbocycles. The molecule has 2 saturated heterocycles. The van der Waals surface area contributed by atoms with Crippen LogP contribution in [-0.4, -0.2) is 59.9 Å². The van der Waals surface area contributed by atoms with Crippen molar-refractivity contribution in [2.24, 2.45) is 0 Å². The van der Waals surface area contributed by atoms with Crippen LogP contribution in [0, 0.1) is 25.2 Å². The average molecular weight is 406 g/mol. The van der Waals surface area contributed by atoms with E-state index in [2.05, 4.69) is 47.0 Å². The zero-order chi connectivity index (χ0) is 20.7. The molecule has 30 heavy (non-hydrogen) atoms. The first-order chi connectivity index (χ1) is 14.6. The van der Waals surface area contributed by atoms with Crippen LogP contribution in [0.5, 0.6) is 0 Å². The van der Waals surface area contributed by atoms with Gasteiger partial charge in [0, 0.05) is 48.5 Å². The molecule has 5 heterocycles. The summed E-state index contributed by atoms with van der Waals surface area (Å²) in [5, 5.41) is 31.2. The third kappa shape index (κ3) is 3.45. The molecule has 0 amide bonds. The van der Waals surface area contributed by atoms with Crippen LogP contribution in [-0.2, 0) is 0 Å². The van der Waals surface area contributed by atoms with E-state index in [0.29, 0.717) is 42.0 Å². The van der Waals surface area contributed by atoms with E-state index >= 15 is 0 Å². The molecule has 2 aliphatic heterocycles. The van der Waals surface area contributed by atoms with Gasteiger partial charge in [-0.2, -0.15) is 25.4 Å². The highest BCUT2D eigenvalue weighted by Gasteiger charge is 2.40. The molecule has 0 aliphatic carbocycles. The molecular formula is C20H26N10. The normalized spacial score (nSPS) is 23.6. The maximum atomic E-state index is 8.95. The highest BCUT2D eigenvalue weighted by Crippen LogP contribution is 2.37. The van der Waals surface area contributed by atoms with Crippen LogP contribution >= 0.6 is 0 Å². The van der Waals surface area contributed by atoms with Crippen molar-refractivity contribution >= 4 is 28.6 Å². The van der Waals surface area contributed by atoms with Gasteiger partial charge in [0.1, 0.15) is 5.82 Å². The fourth-order valence-electron chi connectivity index (χ4n) is 4.95. The Hall–Kier alpha value is -3.19. The number of fused-ring (bicyclic) bond motifs is 3. The van der Waals surface area contributed by atoms with Crippen molar-refractivity contribution in [3.05, 3.63) is 17.5 Å².